The van der Waals surface area contributed by atoms with Crippen molar-refractivity contribution in [3.63, 3.8) is 0 Å². The molecule has 17 heavy (non-hydrogen) atoms. The summed E-state index contributed by atoms with van der Waals surface area (Å²) in [5.41, 5.74) is 0. The van der Waals surface area contributed by atoms with Crippen molar-refractivity contribution in [1.82, 2.24) is 10.2 Å². The van der Waals surface area contributed by atoms with Crippen LogP contribution >= 0.6 is 0 Å². The van der Waals surface area contributed by atoms with Gasteiger partial charge in [0.1, 0.15) is 0 Å². The smallest absolute Gasteiger partial charge is 0.0728 e. The topological polar surface area (TPSA) is 24.5 Å². The third-order valence-electron chi connectivity index (χ3n) is 4.48. The molecule has 0 aromatic heterocycles. The Hall–Kier alpha value is -0.120. The van der Waals surface area contributed by atoms with Crippen molar-refractivity contribution < 1.29 is 4.74 Å². The van der Waals surface area contributed by atoms with Crippen LogP contribution in [0.25, 0.3) is 0 Å². The number of rotatable bonds is 3. The summed E-state index contributed by atoms with van der Waals surface area (Å²) in [6, 6.07) is 1.83. The molecular formula is C14H28N2O. The summed E-state index contributed by atoms with van der Waals surface area (Å²) in [6.07, 6.45) is 2.94. The van der Waals surface area contributed by atoms with Gasteiger partial charge in [-0.15, -0.1) is 0 Å². The first-order valence-corrected chi connectivity index (χ1v) is 7.20. The Morgan fingerprint density at radius 2 is 2.06 bits per heavy atom. The number of nitrogens with zero attached hydrogens (tertiary/aromatic N) is 1. The summed E-state index contributed by atoms with van der Waals surface area (Å²) < 4.78 is 5.85. The number of hydrogen-bond donors (Lipinski definition) is 1. The first-order chi connectivity index (χ1) is 8.09. The molecule has 4 unspecified atom stereocenters. The molecule has 2 aliphatic heterocycles. The van der Waals surface area contributed by atoms with E-state index < -0.39 is 0 Å². The highest BCUT2D eigenvalue weighted by Crippen LogP contribution is 2.23. The van der Waals surface area contributed by atoms with Gasteiger partial charge in [-0.2, -0.15) is 0 Å². The maximum Gasteiger partial charge on any atom is 0.0728 e. The third kappa shape index (κ3) is 3.01. The zero-order valence-electron chi connectivity index (χ0n) is 11.8. The van der Waals surface area contributed by atoms with Gasteiger partial charge in [-0.25, -0.2) is 0 Å². The number of hydrogen-bond acceptors (Lipinski definition) is 3. The summed E-state index contributed by atoms with van der Waals surface area (Å²) in [6.45, 7) is 12.5. The van der Waals surface area contributed by atoms with E-state index in [1.165, 1.54) is 19.4 Å². The van der Waals surface area contributed by atoms with Gasteiger partial charge in [-0.1, -0.05) is 13.8 Å². The van der Waals surface area contributed by atoms with Crippen molar-refractivity contribution in [3.05, 3.63) is 0 Å². The fourth-order valence-electron chi connectivity index (χ4n) is 3.12. The standard InChI is InChI=1S/C14H28N2O/c1-10(2)13-9-16(11(3)8-15-13)12(4)14-6-5-7-17-14/h10-15H,5-9H2,1-4H3. The normalized spacial score (nSPS) is 37.6. The van der Waals surface area contributed by atoms with Crippen molar-refractivity contribution in [2.24, 2.45) is 5.92 Å². The molecule has 3 heteroatoms. The predicted molar refractivity (Wildman–Crippen MR) is 71.2 cm³/mol. The minimum Gasteiger partial charge on any atom is -0.377 e. The molecular weight excluding hydrogens is 212 g/mol. The lowest BCUT2D eigenvalue weighted by atomic mass is 9.97. The van der Waals surface area contributed by atoms with E-state index in [0.717, 1.165) is 13.2 Å². The maximum absolute atomic E-state index is 5.85. The van der Waals surface area contributed by atoms with E-state index in [1.54, 1.807) is 0 Å². The predicted octanol–water partition coefficient (Wildman–Crippen LogP) is 1.87. The van der Waals surface area contributed by atoms with Crippen LogP contribution in [0.3, 0.4) is 0 Å². The summed E-state index contributed by atoms with van der Waals surface area (Å²) in [7, 11) is 0. The highest BCUT2D eigenvalue weighted by molar-refractivity contribution is 4.91. The second-order valence-electron chi connectivity index (χ2n) is 6.10. The second kappa shape index (κ2) is 5.68. The Morgan fingerprint density at radius 1 is 1.29 bits per heavy atom. The molecule has 2 saturated heterocycles. The highest BCUT2D eigenvalue weighted by atomic mass is 16.5. The molecule has 0 radical (unpaired) electrons. The number of nitrogens with one attached hydrogen (secondary N) is 1. The lowest BCUT2D eigenvalue weighted by molar-refractivity contribution is -0.00428. The molecule has 0 aromatic rings. The van der Waals surface area contributed by atoms with E-state index in [1.807, 2.05) is 0 Å². The largest absolute Gasteiger partial charge is 0.377 e. The van der Waals surface area contributed by atoms with Gasteiger partial charge < -0.3 is 10.1 Å². The highest BCUT2D eigenvalue weighted by Gasteiger charge is 2.34. The molecule has 0 spiro atoms. The van der Waals surface area contributed by atoms with Crippen molar-refractivity contribution >= 4 is 0 Å². The average Bonchev–Trinajstić information content (AvgIpc) is 2.81. The molecule has 0 aromatic carbocycles. The Labute approximate surface area is 106 Å². The van der Waals surface area contributed by atoms with E-state index in [2.05, 4.69) is 37.9 Å². The quantitative estimate of drug-likeness (QED) is 0.815. The molecule has 2 rings (SSSR count). The van der Waals surface area contributed by atoms with Crippen LogP contribution in [0.1, 0.15) is 40.5 Å². The van der Waals surface area contributed by atoms with E-state index in [-0.39, 0.29) is 0 Å². The number of ether oxygens (including phenoxy) is 1. The van der Waals surface area contributed by atoms with Gasteiger partial charge in [-0.3, -0.25) is 4.90 Å². The fraction of sp³-hybridized carbons (Fsp3) is 1.00. The van der Waals surface area contributed by atoms with Crippen LogP contribution in [-0.4, -0.2) is 48.8 Å². The van der Waals surface area contributed by atoms with Gasteiger partial charge in [0.25, 0.3) is 0 Å². The first kappa shape index (κ1) is 13.3. The van der Waals surface area contributed by atoms with Gasteiger partial charge in [0.15, 0.2) is 0 Å². The van der Waals surface area contributed by atoms with Crippen LogP contribution in [0.15, 0.2) is 0 Å². The van der Waals surface area contributed by atoms with Gasteiger partial charge >= 0.3 is 0 Å². The van der Waals surface area contributed by atoms with E-state index >= 15 is 0 Å². The lowest BCUT2D eigenvalue weighted by Crippen LogP contribution is -2.61. The molecule has 0 bridgehead atoms. The molecule has 0 aliphatic carbocycles. The minimum atomic E-state index is 0.461. The fourth-order valence-corrected chi connectivity index (χ4v) is 3.12. The van der Waals surface area contributed by atoms with Gasteiger partial charge in [0.05, 0.1) is 6.10 Å². The van der Waals surface area contributed by atoms with E-state index in [0.29, 0.717) is 30.1 Å². The van der Waals surface area contributed by atoms with Crippen LogP contribution in [0, 0.1) is 5.92 Å². The van der Waals surface area contributed by atoms with Crippen molar-refractivity contribution in [2.45, 2.75) is 64.8 Å². The van der Waals surface area contributed by atoms with Crippen LogP contribution in [-0.2, 0) is 4.74 Å². The molecule has 0 saturated carbocycles. The monoisotopic (exact) mass is 240 g/mol. The van der Waals surface area contributed by atoms with E-state index in [9.17, 15) is 0 Å². The van der Waals surface area contributed by atoms with Gasteiger partial charge in [0.2, 0.25) is 0 Å². The Bertz CT molecular complexity index is 238. The van der Waals surface area contributed by atoms with Crippen molar-refractivity contribution in [2.75, 3.05) is 19.7 Å². The first-order valence-electron chi connectivity index (χ1n) is 7.20. The van der Waals surface area contributed by atoms with Crippen LogP contribution < -0.4 is 5.32 Å². The molecule has 1 N–H and O–H groups in total. The Morgan fingerprint density at radius 3 is 2.65 bits per heavy atom. The zero-order valence-corrected chi connectivity index (χ0v) is 11.8. The summed E-state index contributed by atoms with van der Waals surface area (Å²) in [5, 5.41) is 3.66. The Balaban J connectivity index is 1.96. The molecule has 2 aliphatic rings. The molecule has 3 nitrogen and oxygen atoms in total. The number of piperazine rings is 1. The van der Waals surface area contributed by atoms with E-state index in [4.69, 9.17) is 4.74 Å². The van der Waals surface area contributed by atoms with Crippen molar-refractivity contribution in [1.29, 1.82) is 0 Å². The second-order valence-corrected chi connectivity index (χ2v) is 6.10. The summed E-state index contributed by atoms with van der Waals surface area (Å²) >= 11 is 0. The SMILES string of the molecule is CC(C)C1CN(C(C)C2CCCO2)C(C)CN1. The maximum atomic E-state index is 5.85. The van der Waals surface area contributed by atoms with Crippen molar-refractivity contribution in [3.8, 4) is 0 Å². The zero-order chi connectivity index (χ0) is 12.4. The summed E-state index contributed by atoms with van der Waals surface area (Å²) in [5.74, 6) is 0.710. The molecule has 100 valence electrons. The minimum absolute atomic E-state index is 0.461. The molecule has 4 atom stereocenters. The van der Waals surface area contributed by atoms with Crippen LogP contribution in [0.2, 0.25) is 0 Å². The van der Waals surface area contributed by atoms with Gasteiger partial charge in [0, 0.05) is 37.8 Å². The average molecular weight is 240 g/mol. The molecule has 2 heterocycles. The lowest BCUT2D eigenvalue weighted by Gasteiger charge is -2.45. The Kier molecular flexibility index (Phi) is 4.45. The summed E-state index contributed by atoms with van der Waals surface area (Å²) in [4.78, 5) is 2.65. The van der Waals surface area contributed by atoms with Crippen LogP contribution in [0.5, 0.6) is 0 Å². The third-order valence-corrected chi connectivity index (χ3v) is 4.48. The molecule has 2 fully saturated rings. The van der Waals surface area contributed by atoms with Gasteiger partial charge in [-0.05, 0) is 32.6 Å². The van der Waals surface area contributed by atoms with Crippen LogP contribution in [0.4, 0.5) is 0 Å². The molecule has 0 amide bonds.